The van der Waals surface area contributed by atoms with Crippen molar-refractivity contribution >= 4 is 209 Å². The molecule has 6 heterocycles. The largest absolute Gasteiger partial charge is 0.455 e. The number of hydrogen-bond donors (Lipinski definition) is 0. The molecule has 4 aliphatic heterocycles. The lowest BCUT2D eigenvalue weighted by Crippen LogP contribution is -2.64. The van der Waals surface area contributed by atoms with E-state index in [2.05, 4.69) is 370 Å². The predicted molar refractivity (Wildman–Crippen MR) is 429 cm³/mol. The minimum atomic E-state index is -0.216. The van der Waals surface area contributed by atoms with Crippen LogP contribution in [0.2, 0.25) is 0 Å². The Balaban J connectivity index is 0.799. The van der Waals surface area contributed by atoms with Gasteiger partial charge in [0.1, 0.15) is 16.7 Å². The van der Waals surface area contributed by atoms with Crippen molar-refractivity contribution in [1.82, 2.24) is 0 Å². The maximum absolute atomic E-state index is 7.57. The first-order valence-corrected chi connectivity index (χ1v) is 35.8. The SMILES string of the molecule is c1ccc(N(c2ccccc2)c2ccc3cc4oc5c6c7c(cc5c4cc3c2)N(c2ccccc2)c2cc3c(cc2B7c2ccccc2S6)B2c4ccccc4N(c4ccccc4)c4c2c(cc2c4oc4cc5ccc(N(c6ccccc6)c6ccccc6)cc5cc42)N3c2ccccc2)cc1. The van der Waals surface area contributed by atoms with Gasteiger partial charge in [0.2, 0.25) is 6.71 Å². The first-order valence-electron chi connectivity index (χ1n) is 34.9. The van der Waals surface area contributed by atoms with Crippen molar-refractivity contribution in [2.75, 3.05) is 24.5 Å². The number of nitrogens with zero attached hydrogens (tertiary/aromatic N) is 5. The number of anilines is 15. The van der Waals surface area contributed by atoms with Gasteiger partial charge >= 0.3 is 0 Å². The van der Waals surface area contributed by atoms with E-state index in [9.17, 15) is 0 Å². The van der Waals surface area contributed by atoms with Crippen LogP contribution in [0.5, 0.6) is 0 Å². The number of fused-ring (bicyclic) bond motifs is 18. The molecule has 0 amide bonds. The summed E-state index contributed by atoms with van der Waals surface area (Å²) in [6.45, 7) is -0.369. The molecule has 0 fully saturated rings. The fraction of sp³-hybridized carbons (Fsp3) is 0. The highest BCUT2D eigenvalue weighted by molar-refractivity contribution is 8.00. The Labute approximate surface area is 593 Å². The van der Waals surface area contributed by atoms with Gasteiger partial charge in [-0.2, -0.15) is 0 Å². The number of para-hydroxylation sites is 8. The summed E-state index contributed by atoms with van der Waals surface area (Å²) in [4.78, 5) is 14.7. The van der Waals surface area contributed by atoms with E-state index >= 15 is 0 Å². The zero-order chi connectivity index (χ0) is 66.7. The van der Waals surface area contributed by atoms with Crippen molar-refractivity contribution in [3.05, 3.63) is 346 Å². The van der Waals surface area contributed by atoms with E-state index in [1.165, 1.54) is 37.7 Å². The molecule has 0 saturated heterocycles. The second-order valence-electron chi connectivity index (χ2n) is 27.1. The van der Waals surface area contributed by atoms with E-state index in [0.29, 0.717) is 0 Å². The Kier molecular flexibility index (Phi) is 12.5. The van der Waals surface area contributed by atoms with E-state index in [0.717, 1.165) is 156 Å². The van der Waals surface area contributed by atoms with Crippen molar-refractivity contribution in [3.63, 3.8) is 0 Å². The molecule has 0 unspecified atom stereocenters. The van der Waals surface area contributed by atoms with Crippen molar-refractivity contribution in [2.24, 2.45) is 0 Å². The van der Waals surface area contributed by atoms with E-state index in [4.69, 9.17) is 8.83 Å². The molecule has 22 rings (SSSR count). The number of hydrogen-bond acceptors (Lipinski definition) is 8. The average molecular weight is 1320 g/mol. The van der Waals surface area contributed by atoms with Crippen LogP contribution in [0, 0.1) is 0 Å². The van der Waals surface area contributed by atoms with Gasteiger partial charge in [-0.05, 0) is 213 Å². The normalized spacial score (nSPS) is 13.2. The molecule has 4 aliphatic rings. The summed E-state index contributed by atoms with van der Waals surface area (Å²) in [6.07, 6.45) is 0. The van der Waals surface area contributed by atoms with Crippen LogP contribution in [0.3, 0.4) is 0 Å². The Morgan fingerprint density at radius 2 is 0.676 bits per heavy atom. The van der Waals surface area contributed by atoms with Gasteiger partial charge in [0.15, 0.2) is 5.58 Å². The van der Waals surface area contributed by atoms with E-state index in [-0.39, 0.29) is 13.4 Å². The van der Waals surface area contributed by atoms with Crippen LogP contribution in [-0.4, -0.2) is 13.4 Å². The summed E-state index contributed by atoms with van der Waals surface area (Å²) in [7, 11) is 0. The highest BCUT2D eigenvalue weighted by atomic mass is 32.2. The third-order valence-electron chi connectivity index (χ3n) is 21.5. The van der Waals surface area contributed by atoms with E-state index in [1.54, 1.807) is 0 Å². The molecule has 16 aromatic carbocycles. The maximum Gasteiger partial charge on any atom is 0.252 e. The van der Waals surface area contributed by atoms with Gasteiger partial charge in [-0.15, -0.1) is 0 Å². The smallest absolute Gasteiger partial charge is 0.252 e. The van der Waals surface area contributed by atoms with Gasteiger partial charge in [0.25, 0.3) is 6.71 Å². The number of furan rings is 2. The van der Waals surface area contributed by atoms with Crippen LogP contribution in [0.1, 0.15) is 0 Å². The molecule has 0 atom stereocenters. The zero-order valence-electron chi connectivity index (χ0n) is 55.0. The minimum absolute atomic E-state index is 0.153. The first-order chi connectivity index (χ1) is 50.6. The third kappa shape index (κ3) is 8.54. The van der Waals surface area contributed by atoms with Gasteiger partial charge in [-0.3, -0.25) is 0 Å². The van der Waals surface area contributed by atoms with E-state index in [1.807, 2.05) is 11.8 Å². The maximum atomic E-state index is 7.57. The summed E-state index contributed by atoms with van der Waals surface area (Å²) < 4.78 is 14.9. The molecule has 2 aromatic heterocycles. The Bertz CT molecular complexity index is 6380. The van der Waals surface area contributed by atoms with Crippen LogP contribution >= 0.6 is 11.8 Å². The molecule has 0 N–H and O–H groups in total. The van der Waals surface area contributed by atoms with Gasteiger partial charge < -0.3 is 33.3 Å². The quantitative estimate of drug-likeness (QED) is 0.132. The summed E-state index contributed by atoms with van der Waals surface area (Å²) >= 11 is 1.84. The molecule has 0 saturated carbocycles. The zero-order valence-corrected chi connectivity index (χ0v) is 55.8. The molecular formula is C92H57B2N5O2S. The Hall–Kier alpha value is -12.9. The third-order valence-corrected chi connectivity index (χ3v) is 22.7. The summed E-state index contributed by atoms with van der Waals surface area (Å²) in [5.41, 5.74) is 27.3. The van der Waals surface area contributed by atoms with Crippen LogP contribution < -0.4 is 57.3 Å². The molecular weight excluding hydrogens is 1260 g/mol. The summed E-state index contributed by atoms with van der Waals surface area (Å²) in [5, 5.41) is 8.74. The molecule has 474 valence electrons. The lowest BCUT2D eigenvalue weighted by Gasteiger charge is -2.46. The lowest BCUT2D eigenvalue weighted by molar-refractivity contribution is 0.661. The lowest BCUT2D eigenvalue weighted by atomic mass is 9.30. The van der Waals surface area contributed by atoms with Crippen molar-refractivity contribution in [1.29, 1.82) is 0 Å². The molecule has 18 aromatic rings. The van der Waals surface area contributed by atoms with Crippen LogP contribution in [0.4, 0.5) is 85.3 Å². The fourth-order valence-electron chi connectivity index (χ4n) is 17.2. The second kappa shape index (κ2) is 22.3. The van der Waals surface area contributed by atoms with Gasteiger partial charge in [0.05, 0.1) is 10.6 Å². The predicted octanol–water partition coefficient (Wildman–Crippen LogP) is 21.6. The Morgan fingerprint density at radius 3 is 1.19 bits per heavy atom. The molecule has 0 bridgehead atoms. The minimum Gasteiger partial charge on any atom is -0.455 e. The van der Waals surface area contributed by atoms with E-state index < -0.39 is 0 Å². The summed E-state index contributed by atoms with van der Waals surface area (Å²) in [5.74, 6) is 0. The summed E-state index contributed by atoms with van der Waals surface area (Å²) in [6, 6.07) is 127. The Morgan fingerprint density at radius 1 is 0.265 bits per heavy atom. The highest BCUT2D eigenvalue weighted by Crippen LogP contribution is 2.53. The molecule has 102 heavy (non-hydrogen) atoms. The average Bonchev–Trinajstić information content (AvgIpc) is 0.988. The molecule has 0 spiro atoms. The standard InChI is InChI=1S/C92H57B2N5O2S/c1-8-26-62(27-9-1)95(63-28-10-2-11-29-63)69-46-44-58-52-84-71(50-60(58)48-69)73-54-82-87-89(90(73)100-84)99(68-38-20-7-21-39-68)79-42-24-22-40-75(79)93(87)77-56-78-81(57-80(77)97(82)66-34-16-5-17-35-66)98(67-36-18-6-19-37-67)83-55-74-72-51-61-49-70(96(64-30-12-3-13-31-64)65-32-14-4-15-33-65)47-45-59(61)53-85(72)101-91(74)92-88(83)94(78)76-41-23-25-43-86(76)102-92/h1-57H. The van der Waals surface area contributed by atoms with Crippen LogP contribution in [0.15, 0.2) is 364 Å². The molecule has 0 aliphatic carbocycles. The van der Waals surface area contributed by atoms with Crippen molar-refractivity contribution < 1.29 is 8.83 Å². The first kappa shape index (κ1) is 57.1. The highest BCUT2D eigenvalue weighted by Gasteiger charge is 2.49. The molecule has 10 heteroatoms. The second-order valence-corrected chi connectivity index (χ2v) is 28.1. The topological polar surface area (TPSA) is 42.5 Å². The number of benzene rings is 16. The monoisotopic (exact) mass is 1320 g/mol. The van der Waals surface area contributed by atoms with Gasteiger partial charge in [-0.25, -0.2) is 0 Å². The van der Waals surface area contributed by atoms with Gasteiger partial charge in [-0.1, -0.05) is 199 Å². The van der Waals surface area contributed by atoms with Gasteiger partial charge in [0, 0.05) is 106 Å². The molecule has 0 radical (unpaired) electrons. The van der Waals surface area contributed by atoms with Crippen LogP contribution in [0.25, 0.3) is 65.4 Å². The van der Waals surface area contributed by atoms with Crippen molar-refractivity contribution in [2.45, 2.75) is 9.79 Å². The van der Waals surface area contributed by atoms with Crippen LogP contribution in [-0.2, 0) is 0 Å². The number of rotatable bonds is 9. The van der Waals surface area contributed by atoms with Crippen molar-refractivity contribution in [3.8, 4) is 0 Å². The fourth-order valence-corrected chi connectivity index (χ4v) is 18.4. The molecule has 7 nitrogen and oxygen atoms in total.